The highest BCUT2D eigenvalue weighted by molar-refractivity contribution is 6.11. The van der Waals surface area contributed by atoms with E-state index in [0.29, 0.717) is 10.8 Å². The van der Waals surface area contributed by atoms with E-state index in [0.717, 1.165) is 0 Å². The fourth-order valence-corrected chi connectivity index (χ4v) is 2.63. The molecule has 4 aromatic rings. The molecule has 2 N–H and O–H groups in total. The summed E-state index contributed by atoms with van der Waals surface area (Å²) in [5, 5.41) is 1.23. The van der Waals surface area contributed by atoms with E-state index in [4.69, 9.17) is 0 Å². The Hall–Kier alpha value is -2.95. The highest BCUT2D eigenvalue weighted by Crippen LogP contribution is 2.23. The average molecular weight is 296 g/mol. The number of rotatable bonds is 2. The number of fused-ring (bicyclic) bond motifs is 2. The van der Waals surface area contributed by atoms with E-state index in [2.05, 4.69) is 9.97 Å². The van der Waals surface area contributed by atoms with Crippen molar-refractivity contribution in [3.8, 4) is 0 Å². The van der Waals surface area contributed by atoms with E-state index >= 15 is 0 Å². The highest BCUT2D eigenvalue weighted by Gasteiger charge is 2.16. The Morgan fingerprint density at radius 2 is 1.23 bits per heavy atom. The SMILES string of the molecule is O=C(c1cc2cccc(F)c2[nH]1)c1cc2cccc(F)c2[nH]1. The number of ketones is 1. The third kappa shape index (κ3) is 1.83. The quantitative estimate of drug-likeness (QED) is 0.536. The zero-order chi connectivity index (χ0) is 15.3. The number of H-pyrrole nitrogens is 2. The van der Waals surface area contributed by atoms with Crippen molar-refractivity contribution >= 4 is 27.6 Å². The van der Waals surface area contributed by atoms with Gasteiger partial charge in [-0.05, 0) is 24.3 Å². The summed E-state index contributed by atoms with van der Waals surface area (Å²) in [4.78, 5) is 18.1. The van der Waals surface area contributed by atoms with E-state index in [-0.39, 0.29) is 28.2 Å². The molecule has 2 aromatic heterocycles. The number of aromatic nitrogens is 2. The number of aromatic amines is 2. The maximum Gasteiger partial charge on any atom is 0.225 e. The summed E-state index contributed by atoms with van der Waals surface area (Å²) in [5.74, 6) is -1.18. The average Bonchev–Trinajstić information content (AvgIpc) is 3.11. The van der Waals surface area contributed by atoms with E-state index in [1.54, 1.807) is 36.4 Å². The van der Waals surface area contributed by atoms with Crippen LogP contribution < -0.4 is 0 Å². The standard InChI is InChI=1S/C17H10F2N2O/c18-11-5-1-3-9-7-13(20-15(9)11)17(22)14-8-10-4-2-6-12(19)16(10)21-14/h1-8,20-21H. The highest BCUT2D eigenvalue weighted by atomic mass is 19.1. The summed E-state index contributed by atoms with van der Waals surface area (Å²) in [5.41, 5.74) is 1.08. The number of carbonyl (C=O) groups is 1. The smallest absolute Gasteiger partial charge is 0.225 e. The van der Waals surface area contributed by atoms with E-state index in [9.17, 15) is 13.6 Å². The molecule has 0 aliphatic heterocycles. The van der Waals surface area contributed by atoms with Gasteiger partial charge in [0.05, 0.1) is 22.4 Å². The van der Waals surface area contributed by atoms with Crippen LogP contribution in [0.25, 0.3) is 21.8 Å². The molecule has 0 spiro atoms. The Bertz CT molecular complexity index is 948. The second-order valence-corrected chi connectivity index (χ2v) is 5.10. The van der Waals surface area contributed by atoms with Gasteiger partial charge in [-0.3, -0.25) is 4.79 Å². The third-order valence-electron chi connectivity index (χ3n) is 3.70. The lowest BCUT2D eigenvalue weighted by Crippen LogP contribution is -2.01. The second kappa shape index (κ2) is 4.53. The first-order chi connectivity index (χ1) is 10.6. The van der Waals surface area contributed by atoms with Gasteiger partial charge in [0.1, 0.15) is 11.6 Å². The summed E-state index contributed by atoms with van der Waals surface area (Å²) in [6.07, 6.45) is 0. The molecule has 0 bridgehead atoms. The number of carbonyl (C=O) groups excluding carboxylic acids is 1. The fourth-order valence-electron chi connectivity index (χ4n) is 2.63. The van der Waals surface area contributed by atoms with E-state index < -0.39 is 11.6 Å². The van der Waals surface area contributed by atoms with Crippen molar-refractivity contribution in [2.45, 2.75) is 0 Å². The van der Waals surface area contributed by atoms with Gasteiger partial charge in [-0.25, -0.2) is 8.78 Å². The Labute approximate surface area is 123 Å². The van der Waals surface area contributed by atoms with Crippen molar-refractivity contribution in [3.63, 3.8) is 0 Å². The van der Waals surface area contributed by atoms with Gasteiger partial charge in [0, 0.05) is 10.8 Å². The van der Waals surface area contributed by atoms with Crippen molar-refractivity contribution in [1.82, 2.24) is 9.97 Å². The topological polar surface area (TPSA) is 48.6 Å². The summed E-state index contributed by atoms with van der Waals surface area (Å²) >= 11 is 0. The fraction of sp³-hybridized carbons (Fsp3) is 0. The molecule has 5 heteroatoms. The van der Waals surface area contributed by atoms with Crippen molar-refractivity contribution in [2.75, 3.05) is 0 Å². The summed E-state index contributed by atoms with van der Waals surface area (Å²) in [7, 11) is 0. The molecule has 3 nitrogen and oxygen atoms in total. The molecule has 0 aliphatic rings. The number of hydrogen-bond donors (Lipinski definition) is 2. The first-order valence-electron chi connectivity index (χ1n) is 6.72. The normalized spacial score (nSPS) is 11.4. The molecule has 22 heavy (non-hydrogen) atoms. The molecule has 108 valence electrons. The van der Waals surface area contributed by atoms with Gasteiger partial charge >= 0.3 is 0 Å². The van der Waals surface area contributed by atoms with Crippen LogP contribution in [0.4, 0.5) is 8.78 Å². The van der Waals surface area contributed by atoms with Crippen LogP contribution >= 0.6 is 0 Å². The molecule has 0 unspecified atom stereocenters. The van der Waals surface area contributed by atoms with Crippen molar-refractivity contribution in [3.05, 3.63) is 71.6 Å². The van der Waals surface area contributed by atoms with Crippen molar-refractivity contribution in [2.24, 2.45) is 0 Å². The molecule has 0 saturated carbocycles. The minimum atomic E-state index is -0.417. The van der Waals surface area contributed by atoms with Crippen LogP contribution in [0.1, 0.15) is 16.2 Å². The Morgan fingerprint density at radius 1 is 0.773 bits per heavy atom. The van der Waals surface area contributed by atoms with Crippen LogP contribution in [0.5, 0.6) is 0 Å². The van der Waals surface area contributed by atoms with Gasteiger partial charge in [-0.15, -0.1) is 0 Å². The number of hydrogen-bond acceptors (Lipinski definition) is 1. The minimum absolute atomic E-state index is 0.257. The monoisotopic (exact) mass is 296 g/mol. The summed E-state index contributed by atoms with van der Waals surface area (Å²) < 4.78 is 27.4. The summed E-state index contributed by atoms with van der Waals surface area (Å²) in [6, 6.07) is 12.4. The van der Waals surface area contributed by atoms with Crippen LogP contribution in [0, 0.1) is 11.6 Å². The predicted octanol–water partition coefficient (Wildman–Crippen LogP) is 4.16. The molecule has 2 heterocycles. The zero-order valence-electron chi connectivity index (χ0n) is 11.3. The Balaban J connectivity index is 1.84. The second-order valence-electron chi connectivity index (χ2n) is 5.10. The molecule has 0 saturated heterocycles. The van der Waals surface area contributed by atoms with Gasteiger partial charge in [0.25, 0.3) is 0 Å². The van der Waals surface area contributed by atoms with E-state index in [1.165, 1.54) is 12.1 Å². The number of benzene rings is 2. The Kier molecular flexibility index (Phi) is 2.63. The van der Waals surface area contributed by atoms with Crippen molar-refractivity contribution in [1.29, 1.82) is 0 Å². The number of nitrogens with one attached hydrogen (secondary N) is 2. The lowest BCUT2D eigenvalue weighted by molar-refractivity contribution is 0.103. The zero-order valence-corrected chi connectivity index (χ0v) is 11.3. The molecular weight excluding hydrogens is 286 g/mol. The molecule has 0 fully saturated rings. The Morgan fingerprint density at radius 3 is 1.64 bits per heavy atom. The number of para-hydroxylation sites is 2. The predicted molar refractivity (Wildman–Crippen MR) is 79.9 cm³/mol. The van der Waals surface area contributed by atoms with Crippen LogP contribution in [0.2, 0.25) is 0 Å². The van der Waals surface area contributed by atoms with Crippen molar-refractivity contribution < 1.29 is 13.6 Å². The molecule has 4 rings (SSSR count). The summed E-state index contributed by atoms with van der Waals surface area (Å²) in [6.45, 7) is 0. The lowest BCUT2D eigenvalue weighted by atomic mass is 10.2. The molecule has 0 aliphatic carbocycles. The van der Waals surface area contributed by atoms with E-state index in [1.807, 2.05) is 0 Å². The maximum atomic E-state index is 13.7. The molecule has 0 atom stereocenters. The van der Waals surface area contributed by atoms with Gasteiger partial charge in [0.15, 0.2) is 0 Å². The minimum Gasteiger partial charge on any atom is -0.349 e. The van der Waals surface area contributed by atoms with Crippen LogP contribution in [-0.2, 0) is 0 Å². The first-order valence-corrected chi connectivity index (χ1v) is 6.72. The molecule has 0 radical (unpaired) electrons. The molecule has 0 amide bonds. The largest absolute Gasteiger partial charge is 0.349 e. The van der Waals surface area contributed by atoms with Crippen LogP contribution in [-0.4, -0.2) is 15.8 Å². The molecule has 2 aromatic carbocycles. The van der Waals surface area contributed by atoms with Crippen LogP contribution in [0.15, 0.2) is 48.5 Å². The number of halogens is 2. The first kappa shape index (κ1) is 12.8. The maximum absolute atomic E-state index is 13.7. The van der Waals surface area contributed by atoms with Gasteiger partial charge in [0.2, 0.25) is 5.78 Å². The third-order valence-corrected chi connectivity index (χ3v) is 3.70. The lowest BCUT2D eigenvalue weighted by Gasteiger charge is -1.94. The molecular formula is C17H10F2N2O. The van der Waals surface area contributed by atoms with Gasteiger partial charge < -0.3 is 9.97 Å². The van der Waals surface area contributed by atoms with Gasteiger partial charge in [-0.1, -0.05) is 24.3 Å². The van der Waals surface area contributed by atoms with Crippen LogP contribution in [0.3, 0.4) is 0 Å². The van der Waals surface area contributed by atoms with Gasteiger partial charge in [-0.2, -0.15) is 0 Å².